The molecule has 2 nitrogen and oxygen atoms in total. The van der Waals surface area contributed by atoms with E-state index in [2.05, 4.69) is 0 Å². The molecule has 0 radical (unpaired) electrons. The van der Waals surface area contributed by atoms with Gasteiger partial charge < -0.3 is 9.31 Å². The van der Waals surface area contributed by atoms with Crippen LogP contribution in [0.15, 0.2) is 42.5 Å². The molecule has 2 aromatic rings. The molecule has 1 aliphatic heterocycles. The first-order chi connectivity index (χ1) is 12.0. The molecule has 1 heterocycles. The zero-order valence-electron chi connectivity index (χ0n) is 14.9. The Balaban J connectivity index is 1.89. The first kappa shape index (κ1) is 19.3. The van der Waals surface area contributed by atoms with Crippen LogP contribution in [0.5, 0.6) is 0 Å². The third-order valence-electron chi connectivity index (χ3n) is 5.09. The van der Waals surface area contributed by atoms with Crippen molar-refractivity contribution in [1.82, 2.24) is 0 Å². The molecule has 1 aliphatic rings. The van der Waals surface area contributed by atoms with Crippen molar-refractivity contribution in [2.75, 3.05) is 0 Å². The number of rotatable bonds is 3. The number of halogens is 4. The SMILES string of the molecule is CC1(C)OB(c2ccc(C(F)(F)c3cccc(Cl)c3F)cc2)OC1(C)C. The minimum atomic E-state index is -3.51. The average molecular weight is 383 g/mol. The third-order valence-corrected chi connectivity index (χ3v) is 5.38. The molecule has 0 atom stereocenters. The van der Waals surface area contributed by atoms with Crippen LogP contribution in [0.3, 0.4) is 0 Å². The van der Waals surface area contributed by atoms with E-state index in [-0.39, 0.29) is 10.6 Å². The zero-order chi connectivity index (χ0) is 19.3. The van der Waals surface area contributed by atoms with Gasteiger partial charge in [0.15, 0.2) is 5.82 Å². The second-order valence-corrected chi connectivity index (χ2v) is 7.79. The normalized spacial score (nSPS) is 19.0. The van der Waals surface area contributed by atoms with Crippen molar-refractivity contribution in [3.05, 3.63) is 64.4 Å². The van der Waals surface area contributed by atoms with Gasteiger partial charge in [-0.05, 0) is 45.3 Å². The van der Waals surface area contributed by atoms with Gasteiger partial charge in [0.2, 0.25) is 0 Å². The molecule has 138 valence electrons. The van der Waals surface area contributed by atoms with Gasteiger partial charge >= 0.3 is 13.0 Å². The van der Waals surface area contributed by atoms with Gasteiger partial charge in [-0.1, -0.05) is 41.9 Å². The van der Waals surface area contributed by atoms with Crippen LogP contribution in [0, 0.1) is 5.82 Å². The van der Waals surface area contributed by atoms with Crippen molar-refractivity contribution in [3.63, 3.8) is 0 Å². The van der Waals surface area contributed by atoms with Gasteiger partial charge in [-0.3, -0.25) is 0 Å². The summed E-state index contributed by atoms with van der Waals surface area (Å²) in [6, 6.07) is 9.08. The van der Waals surface area contributed by atoms with Crippen molar-refractivity contribution in [2.24, 2.45) is 0 Å². The Kier molecular flexibility index (Phi) is 4.66. The second kappa shape index (κ2) is 6.29. The number of hydrogen-bond donors (Lipinski definition) is 0. The second-order valence-electron chi connectivity index (χ2n) is 7.39. The van der Waals surface area contributed by atoms with Crippen LogP contribution in [0.1, 0.15) is 38.8 Å². The minimum absolute atomic E-state index is 0.334. The summed E-state index contributed by atoms with van der Waals surface area (Å²) in [6.07, 6.45) is 0. The lowest BCUT2D eigenvalue weighted by Gasteiger charge is -2.32. The van der Waals surface area contributed by atoms with Crippen LogP contribution in [0.25, 0.3) is 0 Å². The van der Waals surface area contributed by atoms with Crippen LogP contribution in [-0.4, -0.2) is 18.3 Å². The maximum atomic E-state index is 14.7. The summed E-state index contributed by atoms with van der Waals surface area (Å²) in [5.41, 5.74) is -1.52. The van der Waals surface area contributed by atoms with E-state index in [1.54, 1.807) is 0 Å². The average Bonchev–Trinajstić information content (AvgIpc) is 2.78. The molecule has 0 aliphatic carbocycles. The predicted octanol–water partition coefficient (Wildman–Crippen LogP) is 4.92. The Bertz CT molecular complexity index is 806. The van der Waals surface area contributed by atoms with E-state index in [9.17, 15) is 13.2 Å². The van der Waals surface area contributed by atoms with E-state index in [0.717, 1.165) is 6.07 Å². The van der Waals surface area contributed by atoms with Crippen LogP contribution < -0.4 is 5.46 Å². The summed E-state index contributed by atoms with van der Waals surface area (Å²) in [5, 5.41) is -0.337. The highest BCUT2D eigenvalue weighted by atomic mass is 35.5. The lowest BCUT2D eigenvalue weighted by atomic mass is 9.78. The monoisotopic (exact) mass is 382 g/mol. The summed E-state index contributed by atoms with van der Waals surface area (Å²) < 4.78 is 55.3. The molecule has 0 aromatic heterocycles. The number of alkyl halides is 2. The van der Waals surface area contributed by atoms with Gasteiger partial charge in [0, 0.05) is 5.56 Å². The Labute approximate surface area is 156 Å². The molecule has 1 saturated heterocycles. The topological polar surface area (TPSA) is 18.5 Å². The van der Waals surface area contributed by atoms with E-state index < -0.39 is 35.6 Å². The Morgan fingerprint density at radius 2 is 1.46 bits per heavy atom. The summed E-state index contributed by atoms with van der Waals surface area (Å²) in [6.45, 7) is 7.66. The first-order valence-electron chi connectivity index (χ1n) is 8.24. The van der Waals surface area contributed by atoms with E-state index in [4.69, 9.17) is 20.9 Å². The van der Waals surface area contributed by atoms with Gasteiger partial charge in [-0.2, -0.15) is 8.78 Å². The van der Waals surface area contributed by atoms with Gasteiger partial charge in [0.05, 0.1) is 21.8 Å². The van der Waals surface area contributed by atoms with Crippen LogP contribution in [0.4, 0.5) is 13.2 Å². The smallest absolute Gasteiger partial charge is 0.399 e. The summed E-state index contributed by atoms with van der Waals surface area (Å²) in [7, 11) is -0.648. The highest BCUT2D eigenvalue weighted by Crippen LogP contribution is 2.39. The Morgan fingerprint density at radius 3 is 2.00 bits per heavy atom. The largest absolute Gasteiger partial charge is 0.494 e. The van der Waals surface area contributed by atoms with E-state index >= 15 is 0 Å². The molecule has 2 aromatic carbocycles. The lowest BCUT2D eigenvalue weighted by Crippen LogP contribution is -2.41. The molecule has 0 bridgehead atoms. The van der Waals surface area contributed by atoms with E-state index in [1.165, 1.54) is 36.4 Å². The van der Waals surface area contributed by atoms with E-state index in [0.29, 0.717) is 5.46 Å². The zero-order valence-corrected chi connectivity index (χ0v) is 15.7. The van der Waals surface area contributed by atoms with Gasteiger partial charge in [-0.25, -0.2) is 4.39 Å². The molecule has 1 fully saturated rings. The maximum absolute atomic E-state index is 14.7. The fourth-order valence-corrected chi connectivity index (χ4v) is 2.91. The predicted molar refractivity (Wildman–Crippen MR) is 96.6 cm³/mol. The molecule has 0 saturated carbocycles. The third kappa shape index (κ3) is 3.15. The Morgan fingerprint density at radius 1 is 0.923 bits per heavy atom. The van der Waals surface area contributed by atoms with Crippen molar-refractivity contribution in [2.45, 2.75) is 44.8 Å². The molecule has 0 amide bonds. The maximum Gasteiger partial charge on any atom is 0.494 e. The van der Waals surface area contributed by atoms with Crippen LogP contribution in [0.2, 0.25) is 5.02 Å². The summed E-state index contributed by atoms with van der Waals surface area (Å²) >= 11 is 5.63. The van der Waals surface area contributed by atoms with Crippen molar-refractivity contribution >= 4 is 24.2 Å². The van der Waals surface area contributed by atoms with Crippen molar-refractivity contribution in [3.8, 4) is 0 Å². The molecule has 0 unspecified atom stereocenters. The first-order valence-corrected chi connectivity index (χ1v) is 8.62. The molecule has 26 heavy (non-hydrogen) atoms. The fourth-order valence-electron chi connectivity index (χ4n) is 2.73. The van der Waals surface area contributed by atoms with Crippen LogP contribution >= 0.6 is 11.6 Å². The fraction of sp³-hybridized carbons (Fsp3) is 0.368. The quantitative estimate of drug-likeness (QED) is 0.702. The highest BCUT2D eigenvalue weighted by Gasteiger charge is 2.51. The van der Waals surface area contributed by atoms with Crippen LogP contribution in [-0.2, 0) is 15.2 Å². The molecule has 3 rings (SSSR count). The summed E-state index contributed by atoms with van der Waals surface area (Å²) in [4.78, 5) is 0. The molecule has 7 heteroatoms. The standard InChI is InChI=1S/C19H19BClF3O2/c1-17(2)18(3,4)26-20(25-17)13-10-8-12(9-11-13)19(23,24)14-6-5-7-15(21)16(14)22/h5-11H,1-4H3. The van der Waals surface area contributed by atoms with Gasteiger partial charge in [0.1, 0.15) is 0 Å². The van der Waals surface area contributed by atoms with Gasteiger partial charge in [0.25, 0.3) is 0 Å². The van der Waals surface area contributed by atoms with Gasteiger partial charge in [-0.15, -0.1) is 0 Å². The summed E-state index contributed by atoms with van der Waals surface area (Å²) in [5.74, 6) is -4.63. The number of benzene rings is 2. The van der Waals surface area contributed by atoms with E-state index in [1.807, 2.05) is 27.7 Å². The molecular formula is C19H19BClF3O2. The number of hydrogen-bond acceptors (Lipinski definition) is 2. The Hall–Kier alpha value is -1.50. The molecule has 0 spiro atoms. The molecular weight excluding hydrogens is 363 g/mol. The van der Waals surface area contributed by atoms with Crippen molar-refractivity contribution in [1.29, 1.82) is 0 Å². The highest BCUT2D eigenvalue weighted by molar-refractivity contribution is 6.62. The minimum Gasteiger partial charge on any atom is -0.399 e. The molecule has 0 N–H and O–H groups in total. The lowest BCUT2D eigenvalue weighted by molar-refractivity contribution is 0.00578. The van der Waals surface area contributed by atoms with Crippen molar-refractivity contribution < 1.29 is 22.5 Å².